The highest BCUT2D eigenvalue weighted by Gasteiger charge is 2.29. The van der Waals surface area contributed by atoms with Gasteiger partial charge >= 0.3 is 7.12 Å². The molecular formula is C10H12BFO2. The van der Waals surface area contributed by atoms with Gasteiger partial charge in [-0.05, 0) is 31.2 Å². The molecule has 1 fully saturated rings. The summed E-state index contributed by atoms with van der Waals surface area (Å²) in [6, 6.07) is 3.27. The van der Waals surface area contributed by atoms with E-state index < -0.39 is 12.9 Å². The number of hydrogen-bond acceptors (Lipinski definition) is 2. The molecule has 0 radical (unpaired) electrons. The Morgan fingerprint density at radius 3 is 2.50 bits per heavy atom. The average Bonchev–Trinajstić information content (AvgIpc) is 2.91. The third-order valence-corrected chi connectivity index (χ3v) is 2.57. The van der Waals surface area contributed by atoms with Gasteiger partial charge < -0.3 is 10.0 Å². The van der Waals surface area contributed by atoms with Gasteiger partial charge in [0.1, 0.15) is 5.82 Å². The number of benzene rings is 1. The molecule has 0 bridgehead atoms. The van der Waals surface area contributed by atoms with Gasteiger partial charge in [0.15, 0.2) is 0 Å². The van der Waals surface area contributed by atoms with Crippen molar-refractivity contribution in [2.24, 2.45) is 0 Å². The smallest absolute Gasteiger partial charge is 0.423 e. The van der Waals surface area contributed by atoms with E-state index in [1.54, 1.807) is 6.07 Å². The van der Waals surface area contributed by atoms with E-state index in [1.807, 2.05) is 6.92 Å². The Bertz CT molecular complexity index is 338. The van der Waals surface area contributed by atoms with Crippen LogP contribution in [-0.4, -0.2) is 17.2 Å². The minimum absolute atomic E-state index is 0.00750. The van der Waals surface area contributed by atoms with Crippen molar-refractivity contribution in [3.63, 3.8) is 0 Å². The van der Waals surface area contributed by atoms with Crippen LogP contribution in [0, 0.1) is 12.7 Å². The van der Waals surface area contributed by atoms with Crippen molar-refractivity contribution in [1.82, 2.24) is 0 Å². The maximum Gasteiger partial charge on any atom is 0.491 e. The van der Waals surface area contributed by atoms with Crippen molar-refractivity contribution < 1.29 is 14.4 Å². The Balaban J connectivity index is 2.49. The third kappa shape index (κ3) is 1.67. The van der Waals surface area contributed by atoms with E-state index >= 15 is 0 Å². The first-order chi connectivity index (χ1) is 6.59. The molecule has 1 aliphatic rings. The molecule has 0 saturated heterocycles. The van der Waals surface area contributed by atoms with Crippen LogP contribution in [0.25, 0.3) is 0 Å². The maximum absolute atomic E-state index is 13.7. The number of aryl methyl sites for hydroxylation is 1. The summed E-state index contributed by atoms with van der Waals surface area (Å²) in [7, 11) is -1.72. The Hall–Kier alpha value is -0.865. The van der Waals surface area contributed by atoms with Gasteiger partial charge in [-0.3, -0.25) is 0 Å². The first-order valence-electron chi connectivity index (χ1n) is 4.75. The zero-order valence-corrected chi connectivity index (χ0v) is 8.00. The van der Waals surface area contributed by atoms with Gasteiger partial charge in [-0.1, -0.05) is 17.7 Å². The van der Waals surface area contributed by atoms with Gasteiger partial charge in [0.2, 0.25) is 0 Å². The van der Waals surface area contributed by atoms with Crippen molar-refractivity contribution in [2.75, 3.05) is 0 Å². The largest absolute Gasteiger partial charge is 0.491 e. The molecule has 0 unspecified atom stereocenters. The summed E-state index contributed by atoms with van der Waals surface area (Å²) in [6.07, 6.45) is 2.00. The lowest BCUT2D eigenvalue weighted by Gasteiger charge is -2.08. The molecule has 1 saturated carbocycles. The van der Waals surface area contributed by atoms with E-state index in [1.165, 1.54) is 6.07 Å². The predicted octanol–water partition coefficient (Wildman–Crippen LogP) is 0.691. The zero-order valence-electron chi connectivity index (χ0n) is 8.00. The molecule has 1 aliphatic carbocycles. The molecule has 14 heavy (non-hydrogen) atoms. The Labute approximate surface area is 82.5 Å². The van der Waals surface area contributed by atoms with Crippen LogP contribution in [0.4, 0.5) is 4.39 Å². The van der Waals surface area contributed by atoms with Crippen LogP contribution in [0.5, 0.6) is 0 Å². The summed E-state index contributed by atoms with van der Waals surface area (Å²) in [5, 5.41) is 17.9. The van der Waals surface area contributed by atoms with Gasteiger partial charge in [-0.25, -0.2) is 4.39 Å². The number of halogens is 1. The molecule has 0 spiro atoms. The first-order valence-corrected chi connectivity index (χ1v) is 4.75. The van der Waals surface area contributed by atoms with Crippen LogP contribution in [0.15, 0.2) is 12.1 Å². The summed E-state index contributed by atoms with van der Waals surface area (Å²) in [5.41, 5.74) is 1.50. The first kappa shape index (κ1) is 9.68. The molecule has 2 nitrogen and oxygen atoms in total. The average molecular weight is 194 g/mol. The second-order valence-electron chi connectivity index (χ2n) is 3.91. The van der Waals surface area contributed by atoms with E-state index in [-0.39, 0.29) is 11.4 Å². The normalized spacial score (nSPS) is 15.7. The molecule has 0 aliphatic heterocycles. The van der Waals surface area contributed by atoms with E-state index in [4.69, 9.17) is 10.0 Å². The molecular weight excluding hydrogens is 182 g/mol. The summed E-state index contributed by atoms with van der Waals surface area (Å²) < 4.78 is 13.7. The molecule has 0 heterocycles. The molecule has 74 valence electrons. The highest BCUT2D eigenvalue weighted by Crippen LogP contribution is 2.41. The number of rotatable bonds is 2. The molecule has 0 atom stereocenters. The van der Waals surface area contributed by atoms with Gasteiger partial charge in [0.05, 0.1) is 0 Å². The molecule has 2 rings (SSSR count). The van der Waals surface area contributed by atoms with E-state index in [9.17, 15) is 4.39 Å². The lowest BCUT2D eigenvalue weighted by atomic mass is 9.77. The molecule has 0 amide bonds. The minimum Gasteiger partial charge on any atom is -0.423 e. The monoisotopic (exact) mass is 194 g/mol. The lowest BCUT2D eigenvalue weighted by molar-refractivity contribution is 0.422. The fraction of sp³-hybridized carbons (Fsp3) is 0.400. The van der Waals surface area contributed by atoms with E-state index in [0.717, 1.165) is 18.4 Å². The summed E-state index contributed by atoms with van der Waals surface area (Å²) in [5.74, 6) is -0.166. The topological polar surface area (TPSA) is 40.5 Å². The predicted molar refractivity (Wildman–Crippen MR) is 52.9 cm³/mol. The van der Waals surface area contributed by atoms with Crippen LogP contribution >= 0.6 is 0 Å². The maximum atomic E-state index is 13.7. The van der Waals surface area contributed by atoms with Crippen molar-refractivity contribution in [3.8, 4) is 0 Å². The Morgan fingerprint density at radius 2 is 2.00 bits per heavy atom. The summed E-state index contributed by atoms with van der Waals surface area (Å²) in [4.78, 5) is 0. The van der Waals surface area contributed by atoms with Gasteiger partial charge in [-0.2, -0.15) is 0 Å². The van der Waals surface area contributed by atoms with Crippen molar-refractivity contribution in [1.29, 1.82) is 0 Å². The van der Waals surface area contributed by atoms with Crippen LogP contribution in [0.3, 0.4) is 0 Å². The quantitative estimate of drug-likeness (QED) is 0.680. The SMILES string of the molecule is Cc1cc(B(O)O)c(F)c(C2CC2)c1. The Morgan fingerprint density at radius 1 is 1.36 bits per heavy atom. The van der Waals surface area contributed by atoms with Crippen molar-refractivity contribution in [2.45, 2.75) is 25.7 Å². The third-order valence-electron chi connectivity index (χ3n) is 2.57. The highest BCUT2D eigenvalue weighted by atomic mass is 19.1. The number of hydrogen-bond donors (Lipinski definition) is 2. The zero-order chi connectivity index (χ0) is 10.3. The van der Waals surface area contributed by atoms with Crippen LogP contribution < -0.4 is 5.46 Å². The van der Waals surface area contributed by atoms with Crippen LogP contribution in [-0.2, 0) is 0 Å². The second kappa shape index (κ2) is 3.37. The molecule has 1 aromatic carbocycles. The van der Waals surface area contributed by atoms with Crippen LogP contribution in [0.2, 0.25) is 0 Å². The Kier molecular flexibility index (Phi) is 2.33. The summed E-state index contributed by atoms with van der Waals surface area (Å²) >= 11 is 0. The standard InChI is InChI=1S/C10H12BFO2/c1-6-4-8(7-2-3-7)10(12)9(5-6)11(13)14/h4-5,7,13-14H,2-3H2,1H3. The lowest BCUT2D eigenvalue weighted by Crippen LogP contribution is -2.33. The highest BCUT2D eigenvalue weighted by molar-refractivity contribution is 6.58. The minimum atomic E-state index is -1.72. The van der Waals surface area contributed by atoms with E-state index in [0.29, 0.717) is 5.56 Å². The fourth-order valence-corrected chi connectivity index (χ4v) is 1.70. The molecule has 2 N–H and O–H groups in total. The summed E-state index contributed by atoms with van der Waals surface area (Å²) in [6.45, 7) is 1.83. The second-order valence-corrected chi connectivity index (χ2v) is 3.91. The van der Waals surface area contributed by atoms with Gasteiger partial charge in [0.25, 0.3) is 0 Å². The molecule has 0 aromatic heterocycles. The molecule has 1 aromatic rings. The van der Waals surface area contributed by atoms with Gasteiger partial charge in [0, 0.05) is 5.46 Å². The molecule has 4 heteroatoms. The van der Waals surface area contributed by atoms with Gasteiger partial charge in [-0.15, -0.1) is 0 Å². The van der Waals surface area contributed by atoms with Crippen molar-refractivity contribution in [3.05, 3.63) is 29.1 Å². The van der Waals surface area contributed by atoms with Crippen LogP contribution in [0.1, 0.15) is 29.9 Å². The van der Waals surface area contributed by atoms with E-state index in [2.05, 4.69) is 0 Å². The fourth-order valence-electron chi connectivity index (χ4n) is 1.70. The van der Waals surface area contributed by atoms with Crippen molar-refractivity contribution >= 4 is 12.6 Å².